The highest BCUT2D eigenvalue weighted by atomic mass is 32.2. The first-order chi connectivity index (χ1) is 16.7. The van der Waals surface area contributed by atoms with Gasteiger partial charge in [-0.3, -0.25) is 10.1 Å². The Morgan fingerprint density at radius 2 is 2.03 bits per heavy atom. The number of amides is 1. The molecule has 0 aliphatic carbocycles. The maximum absolute atomic E-state index is 12.7. The average molecular weight is 508 g/mol. The molecule has 2 aromatic carbocycles. The molecule has 2 aromatic heterocycles. The standard InChI is InChI=1S/C24H21N5O4S2/c1-16-6-5-7-19(12-16)33-11-10-29-15-18(20-8-3-4-9-21(20)29)13-17(14-25)22(30)26-23-27-28-24(34-23)35(2,31)32/h3-9,12-13,15H,10-11H2,1-2H3,(H,26,27,30)/b17-13-. The molecular weight excluding hydrogens is 486 g/mol. The third kappa shape index (κ3) is 5.74. The van der Waals surface area contributed by atoms with Gasteiger partial charge in [0.05, 0.1) is 6.54 Å². The highest BCUT2D eigenvalue weighted by molar-refractivity contribution is 7.92. The van der Waals surface area contributed by atoms with Gasteiger partial charge in [0, 0.05) is 28.9 Å². The van der Waals surface area contributed by atoms with E-state index in [4.69, 9.17) is 4.74 Å². The molecule has 0 aliphatic heterocycles. The van der Waals surface area contributed by atoms with Gasteiger partial charge in [-0.05, 0) is 36.8 Å². The second-order valence-corrected chi connectivity index (χ2v) is 10.9. The first-order valence-electron chi connectivity index (χ1n) is 10.5. The Balaban J connectivity index is 1.55. The molecule has 4 rings (SSSR count). The van der Waals surface area contributed by atoms with Gasteiger partial charge in [-0.25, -0.2) is 8.42 Å². The summed E-state index contributed by atoms with van der Waals surface area (Å²) < 4.78 is 30.8. The van der Waals surface area contributed by atoms with Crippen LogP contribution in [0.15, 0.2) is 64.6 Å². The van der Waals surface area contributed by atoms with E-state index in [1.807, 2.05) is 72.3 Å². The minimum atomic E-state index is -3.54. The van der Waals surface area contributed by atoms with E-state index in [-0.39, 0.29) is 15.0 Å². The molecule has 2 heterocycles. The fourth-order valence-corrected chi connectivity index (χ4v) is 4.92. The first-order valence-corrected chi connectivity index (χ1v) is 13.2. The molecule has 0 bridgehead atoms. The summed E-state index contributed by atoms with van der Waals surface area (Å²) in [4.78, 5) is 12.7. The molecule has 0 unspecified atom stereocenters. The van der Waals surface area contributed by atoms with Gasteiger partial charge in [-0.2, -0.15) is 5.26 Å². The Labute approximate surface area is 206 Å². The van der Waals surface area contributed by atoms with Crippen molar-refractivity contribution in [3.8, 4) is 11.8 Å². The topological polar surface area (TPSA) is 127 Å². The number of ether oxygens (including phenoxy) is 1. The smallest absolute Gasteiger partial charge is 0.268 e. The number of carbonyl (C=O) groups is 1. The van der Waals surface area contributed by atoms with E-state index in [9.17, 15) is 18.5 Å². The van der Waals surface area contributed by atoms with Crippen LogP contribution in [0.5, 0.6) is 5.75 Å². The van der Waals surface area contributed by atoms with E-state index in [0.29, 0.717) is 18.7 Å². The van der Waals surface area contributed by atoms with Gasteiger partial charge in [0.2, 0.25) is 19.3 Å². The highest BCUT2D eigenvalue weighted by Crippen LogP contribution is 2.25. The summed E-state index contributed by atoms with van der Waals surface area (Å²) in [6, 6.07) is 17.4. The maximum atomic E-state index is 12.7. The molecule has 35 heavy (non-hydrogen) atoms. The lowest BCUT2D eigenvalue weighted by Crippen LogP contribution is -2.13. The van der Waals surface area contributed by atoms with E-state index in [0.717, 1.165) is 39.8 Å². The number of para-hydroxylation sites is 1. The minimum absolute atomic E-state index is 0.00713. The second-order valence-electron chi connectivity index (χ2n) is 7.73. The number of aromatic nitrogens is 3. The number of carbonyl (C=O) groups excluding carboxylic acids is 1. The Morgan fingerprint density at radius 3 is 2.74 bits per heavy atom. The van der Waals surface area contributed by atoms with Gasteiger partial charge in [0.15, 0.2) is 0 Å². The monoisotopic (exact) mass is 507 g/mol. The first kappa shape index (κ1) is 24.1. The summed E-state index contributed by atoms with van der Waals surface area (Å²) in [6.07, 6.45) is 4.36. The largest absolute Gasteiger partial charge is 0.492 e. The van der Waals surface area contributed by atoms with Crippen LogP contribution in [0, 0.1) is 18.3 Å². The molecule has 9 nitrogen and oxygen atoms in total. The van der Waals surface area contributed by atoms with Crippen LogP contribution < -0.4 is 10.1 Å². The molecule has 0 saturated heterocycles. The van der Waals surface area contributed by atoms with Crippen molar-refractivity contribution in [3.63, 3.8) is 0 Å². The number of hydrogen-bond donors (Lipinski definition) is 1. The number of nitrogens with zero attached hydrogens (tertiary/aromatic N) is 4. The normalized spacial score (nSPS) is 11.9. The molecule has 178 valence electrons. The third-order valence-corrected chi connectivity index (χ3v) is 7.53. The predicted octanol–water partition coefficient (Wildman–Crippen LogP) is 3.83. The molecule has 0 fully saturated rings. The van der Waals surface area contributed by atoms with Crippen molar-refractivity contribution in [1.82, 2.24) is 14.8 Å². The Hall–Kier alpha value is -4.01. The molecule has 0 radical (unpaired) electrons. The van der Waals surface area contributed by atoms with Crippen LogP contribution in [0.4, 0.5) is 5.13 Å². The lowest BCUT2D eigenvalue weighted by Gasteiger charge is -2.08. The zero-order valence-electron chi connectivity index (χ0n) is 18.9. The van der Waals surface area contributed by atoms with Gasteiger partial charge in [-0.1, -0.05) is 41.7 Å². The summed E-state index contributed by atoms with van der Waals surface area (Å²) in [5.41, 5.74) is 2.59. The molecule has 0 aliphatic rings. The fourth-order valence-electron chi connectivity index (χ4n) is 3.42. The Kier molecular flexibility index (Phi) is 6.95. The van der Waals surface area contributed by atoms with Gasteiger partial charge in [0.1, 0.15) is 24.0 Å². The number of hydrogen-bond acceptors (Lipinski definition) is 8. The molecular formula is C24H21N5O4S2. The molecule has 1 N–H and O–H groups in total. The lowest BCUT2D eigenvalue weighted by molar-refractivity contribution is -0.112. The van der Waals surface area contributed by atoms with Crippen LogP contribution in [0.25, 0.3) is 17.0 Å². The van der Waals surface area contributed by atoms with Crippen LogP contribution >= 0.6 is 11.3 Å². The number of benzene rings is 2. The summed E-state index contributed by atoms with van der Waals surface area (Å²) in [7, 11) is -3.54. The predicted molar refractivity (Wildman–Crippen MR) is 134 cm³/mol. The Bertz CT molecular complexity index is 1580. The molecule has 0 atom stereocenters. The fraction of sp³-hybridized carbons (Fsp3) is 0.167. The van der Waals surface area contributed by atoms with Crippen molar-refractivity contribution in [2.45, 2.75) is 17.8 Å². The average Bonchev–Trinajstić information content (AvgIpc) is 3.43. The highest BCUT2D eigenvalue weighted by Gasteiger charge is 2.18. The van der Waals surface area contributed by atoms with E-state index in [2.05, 4.69) is 15.5 Å². The van der Waals surface area contributed by atoms with E-state index in [1.165, 1.54) is 6.08 Å². The quantitative estimate of drug-likeness (QED) is 0.218. The van der Waals surface area contributed by atoms with E-state index >= 15 is 0 Å². The summed E-state index contributed by atoms with van der Waals surface area (Å²) in [5.74, 6) is 0.0871. The van der Waals surface area contributed by atoms with Gasteiger partial charge in [-0.15, -0.1) is 10.2 Å². The van der Waals surface area contributed by atoms with Crippen LogP contribution in [0.1, 0.15) is 11.1 Å². The molecule has 0 saturated carbocycles. The number of anilines is 1. The number of aryl methyl sites for hydroxylation is 1. The van der Waals surface area contributed by atoms with Crippen molar-refractivity contribution in [2.24, 2.45) is 0 Å². The minimum Gasteiger partial charge on any atom is -0.492 e. The third-order valence-electron chi connectivity index (χ3n) is 5.02. The number of sulfone groups is 1. The van der Waals surface area contributed by atoms with Crippen molar-refractivity contribution < 1.29 is 17.9 Å². The van der Waals surface area contributed by atoms with E-state index in [1.54, 1.807) is 0 Å². The van der Waals surface area contributed by atoms with Crippen molar-refractivity contribution in [1.29, 1.82) is 5.26 Å². The van der Waals surface area contributed by atoms with Crippen molar-refractivity contribution in [2.75, 3.05) is 18.2 Å². The summed E-state index contributed by atoms with van der Waals surface area (Å²) in [6.45, 7) is 3.01. The van der Waals surface area contributed by atoms with Gasteiger partial charge >= 0.3 is 0 Å². The van der Waals surface area contributed by atoms with Crippen LogP contribution in [0.2, 0.25) is 0 Å². The number of nitrogens with one attached hydrogen (secondary N) is 1. The number of fused-ring (bicyclic) bond motifs is 1. The summed E-state index contributed by atoms with van der Waals surface area (Å²) in [5, 5.41) is 20.1. The molecule has 0 spiro atoms. The molecule has 1 amide bonds. The van der Waals surface area contributed by atoms with Gasteiger partial charge < -0.3 is 9.30 Å². The second kappa shape index (κ2) is 10.1. The molecule has 4 aromatic rings. The maximum Gasteiger partial charge on any atom is 0.268 e. The van der Waals surface area contributed by atoms with Crippen LogP contribution in [0.3, 0.4) is 0 Å². The lowest BCUT2D eigenvalue weighted by atomic mass is 10.1. The number of nitriles is 1. The van der Waals surface area contributed by atoms with Crippen molar-refractivity contribution >= 4 is 49.2 Å². The zero-order valence-corrected chi connectivity index (χ0v) is 20.6. The van der Waals surface area contributed by atoms with Gasteiger partial charge in [0.25, 0.3) is 5.91 Å². The van der Waals surface area contributed by atoms with Crippen LogP contribution in [-0.4, -0.2) is 42.0 Å². The van der Waals surface area contributed by atoms with Crippen molar-refractivity contribution in [3.05, 3.63) is 71.4 Å². The zero-order chi connectivity index (χ0) is 25.0. The Morgan fingerprint density at radius 1 is 1.23 bits per heavy atom. The SMILES string of the molecule is Cc1cccc(OCCn2cc(/C=C(/C#N)C(=O)Nc3nnc(S(C)(=O)=O)s3)c3ccccc32)c1. The van der Waals surface area contributed by atoms with E-state index < -0.39 is 15.7 Å². The molecule has 11 heteroatoms. The van der Waals surface area contributed by atoms with Crippen LogP contribution in [-0.2, 0) is 21.2 Å². The summed E-state index contributed by atoms with van der Waals surface area (Å²) >= 11 is 0.720. The number of rotatable bonds is 8.